The number of ketones is 2. The van der Waals surface area contributed by atoms with Gasteiger partial charge in [0.15, 0.2) is 0 Å². The van der Waals surface area contributed by atoms with Crippen molar-refractivity contribution in [2.24, 2.45) is 35.5 Å². The fourth-order valence-corrected chi connectivity index (χ4v) is 8.82. The van der Waals surface area contributed by atoms with Gasteiger partial charge in [-0.15, -0.1) is 4.33 Å². The number of aliphatic hydroxyl groups is 1. The number of carboxylic acid groups (broad SMARTS) is 1. The van der Waals surface area contributed by atoms with Gasteiger partial charge < -0.3 is 35.7 Å². The van der Waals surface area contributed by atoms with E-state index >= 15 is 0 Å². The van der Waals surface area contributed by atoms with Crippen molar-refractivity contribution in [3.63, 3.8) is 0 Å². The minimum atomic E-state index is -4.67. The van der Waals surface area contributed by atoms with Gasteiger partial charge in [-0.2, -0.15) is 43.4 Å². The molecule has 8 rings (SSSR count). The van der Waals surface area contributed by atoms with E-state index in [4.69, 9.17) is 32.6 Å². The number of methoxy groups -OCH3 is 1. The van der Waals surface area contributed by atoms with Crippen molar-refractivity contribution in [3.05, 3.63) is 0 Å². The number of carbonyl (C=O) groups excluding carboxylic acids is 4. The SMILES string of the molecule is COC(=O)C(F)(F)SOOF.O=C(O)C(F)(F)SOO[O-].O=C1C2CC3CC1CC(O)(C3)C2.O=C1C2CC3CC1CC(OC(=O)C(F)(F)SOO[O-])(C3)C2.O=S(=O)(O)O.[Na+].[Na+].[Na+].[OH-]. The number of carbonyl (C=O) groups is 5. The van der Waals surface area contributed by atoms with E-state index in [0.29, 0.717) is 31.0 Å². The van der Waals surface area contributed by atoms with Crippen LogP contribution in [0.3, 0.4) is 0 Å². The Hall–Kier alpha value is 0.780. The summed E-state index contributed by atoms with van der Waals surface area (Å²) in [7, 11) is -3.91. The first-order chi connectivity index (χ1) is 27.1. The molecule has 8 saturated carbocycles. The molecule has 0 spiro atoms. The normalized spacial score (nSPS) is 28.1. The van der Waals surface area contributed by atoms with E-state index < -0.39 is 91.4 Å². The van der Waals surface area contributed by atoms with E-state index in [1.807, 2.05) is 0 Å². The molecule has 0 amide bonds. The quantitative estimate of drug-likeness (QED) is 0.0253. The molecule has 22 nitrogen and oxygen atoms in total. The van der Waals surface area contributed by atoms with Crippen molar-refractivity contribution in [1.82, 2.24) is 0 Å². The molecule has 8 aliphatic rings. The molecular formula is C27H34F7Na3O22S4. The van der Waals surface area contributed by atoms with Crippen LogP contribution in [-0.2, 0) is 72.0 Å². The van der Waals surface area contributed by atoms with Gasteiger partial charge in [0.05, 0.1) is 12.7 Å². The summed E-state index contributed by atoms with van der Waals surface area (Å²) < 4.78 is 135. The molecular weight excluding hydrogens is 1010 g/mol. The van der Waals surface area contributed by atoms with E-state index in [9.17, 15) is 65.2 Å². The number of aliphatic carboxylic acids is 1. The molecule has 0 saturated heterocycles. The number of carboxylic acids is 1. The molecule has 0 aromatic carbocycles. The summed E-state index contributed by atoms with van der Waals surface area (Å²) in [5.41, 5.74) is -1.42. The fourth-order valence-electron chi connectivity index (χ4n) is 8.15. The second kappa shape index (κ2) is 29.1. The maximum absolute atomic E-state index is 13.4. The van der Waals surface area contributed by atoms with Gasteiger partial charge in [0.25, 0.3) is 0 Å². The molecule has 4 unspecified atom stereocenters. The van der Waals surface area contributed by atoms with Crippen molar-refractivity contribution >= 4 is 76.0 Å². The topological polar surface area (TPSA) is 350 Å². The van der Waals surface area contributed by atoms with Gasteiger partial charge in [0, 0.05) is 23.7 Å². The predicted molar refractivity (Wildman–Crippen MR) is 172 cm³/mol. The summed E-state index contributed by atoms with van der Waals surface area (Å²) in [5, 5.41) is 31.7. The molecule has 36 heteroatoms. The molecule has 5 N–H and O–H groups in total. The zero-order valence-corrected chi connectivity index (χ0v) is 42.3. The average molecular weight is 1040 g/mol. The number of hydrogen-bond acceptors (Lipinski definition) is 22. The first-order valence-corrected chi connectivity index (χ1v) is 19.8. The Morgan fingerprint density at radius 1 is 0.683 bits per heavy atom. The van der Waals surface area contributed by atoms with Crippen LogP contribution < -0.4 is 99.2 Å². The molecule has 0 radical (unpaired) electrons. The van der Waals surface area contributed by atoms with Crippen molar-refractivity contribution in [1.29, 1.82) is 0 Å². The van der Waals surface area contributed by atoms with Crippen LogP contribution in [0.25, 0.3) is 0 Å². The number of hydrogen-bond donors (Lipinski definition) is 4. The van der Waals surface area contributed by atoms with Crippen molar-refractivity contribution in [2.75, 3.05) is 7.11 Å². The van der Waals surface area contributed by atoms with E-state index in [1.165, 1.54) is 0 Å². The second-order valence-corrected chi connectivity index (χ2v) is 17.1. The Morgan fingerprint density at radius 3 is 1.38 bits per heavy atom. The monoisotopic (exact) mass is 1040 g/mol. The summed E-state index contributed by atoms with van der Waals surface area (Å²) in [5.74, 6) is -4.42. The summed E-state index contributed by atoms with van der Waals surface area (Å²) in [6.45, 7) is 0. The average Bonchev–Trinajstić information content (AvgIpc) is 3.12. The third-order valence-corrected chi connectivity index (χ3v) is 11.1. The largest absolute Gasteiger partial charge is 1.00 e. The van der Waals surface area contributed by atoms with E-state index in [1.54, 1.807) is 0 Å². The number of esters is 2. The first-order valence-electron chi connectivity index (χ1n) is 16.2. The van der Waals surface area contributed by atoms with Gasteiger partial charge >= 0.3 is 133 Å². The van der Waals surface area contributed by atoms with E-state index in [0.717, 1.165) is 52.1 Å². The Kier molecular flexibility index (Phi) is 31.4. The molecule has 8 aliphatic carbocycles. The van der Waals surface area contributed by atoms with Gasteiger partial charge in [0.1, 0.15) is 53.3 Å². The summed E-state index contributed by atoms with van der Waals surface area (Å²) in [6, 6.07) is 0. The Bertz CT molecular complexity index is 1570. The summed E-state index contributed by atoms with van der Waals surface area (Å²) in [6.07, 6.45) is 7.27. The second-order valence-electron chi connectivity index (χ2n) is 13.7. The number of rotatable bonds is 13. The van der Waals surface area contributed by atoms with Crippen LogP contribution in [0.1, 0.15) is 64.2 Å². The molecule has 63 heavy (non-hydrogen) atoms. The summed E-state index contributed by atoms with van der Waals surface area (Å²) in [4.78, 5) is 54.8. The molecule has 0 aromatic heterocycles. The Morgan fingerprint density at radius 2 is 1.03 bits per heavy atom. The van der Waals surface area contributed by atoms with Gasteiger partial charge in [-0.1, -0.05) is 0 Å². The van der Waals surface area contributed by atoms with E-state index in [-0.39, 0.29) is 130 Å². The number of halogens is 7. The van der Waals surface area contributed by atoms with Crippen molar-refractivity contribution < 1.29 is 225 Å². The smallest absolute Gasteiger partial charge is 0.870 e. The minimum absolute atomic E-state index is 0. The van der Waals surface area contributed by atoms with Gasteiger partial charge in [-0.25, -0.2) is 14.4 Å². The molecule has 8 bridgehead atoms. The molecule has 4 atom stereocenters. The Labute approximate surface area is 430 Å². The molecule has 350 valence electrons. The van der Waals surface area contributed by atoms with Crippen molar-refractivity contribution in [2.45, 2.75) is 91.2 Å². The maximum atomic E-state index is 13.4. The Balaban J connectivity index is -0.000000752. The number of Topliss-reactive ketones (excluding diaryl/α,β-unsaturated/α-hetero) is 2. The van der Waals surface area contributed by atoms with Crippen LogP contribution in [0, 0.1) is 35.5 Å². The van der Waals surface area contributed by atoms with Crippen LogP contribution in [-0.4, -0.2) is 96.8 Å². The maximum Gasteiger partial charge on any atom is 1.00 e. The zero-order valence-electron chi connectivity index (χ0n) is 33.0. The predicted octanol–water partition coefficient (Wildman–Crippen LogP) is -6.78. The van der Waals surface area contributed by atoms with Crippen LogP contribution in [0.2, 0.25) is 0 Å². The molecule has 8 fully saturated rings. The van der Waals surface area contributed by atoms with E-state index in [2.05, 4.69) is 32.9 Å². The minimum Gasteiger partial charge on any atom is -0.870 e. The first kappa shape index (κ1) is 68.0. The van der Waals surface area contributed by atoms with Crippen LogP contribution in [0.5, 0.6) is 0 Å². The van der Waals surface area contributed by atoms with Gasteiger partial charge in [0.2, 0.25) is 0 Å². The third-order valence-electron chi connectivity index (χ3n) is 9.62. The fraction of sp³-hybridized carbons (Fsp3) is 0.815. The van der Waals surface area contributed by atoms with Gasteiger partial charge in [-0.05, 0) is 85.7 Å². The number of ether oxygens (including phenoxy) is 2. The van der Waals surface area contributed by atoms with Crippen molar-refractivity contribution in [3.8, 4) is 0 Å². The van der Waals surface area contributed by atoms with Gasteiger partial charge in [-0.3, -0.25) is 28.8 Å². The molecule has 0 heterocycles. The molecule has 0 aromatic rings. The summed E-state index contributed by atoms with van der Waals surface area (Å²) >= 11 is -2.37. The standard InChI is InChI=1S/C12H14F2O6S.C10H14O2.C3H3F3O4S.C2H2F2O5S.3Na.H2O4S.H2O/c13-12(14,21-20-19-17)10(16)18-11-3-6-1-7(4-11)9(15)8(2-6)5-11;11-9-7-1-6-2-8(9)5-10(12,3-6)4-7;1-8-2(7)3(4,5)11-10-9-6;3-2(4,1(5)6)10-9-8-7;;;;1-5(2,3)4;/h6-8,17H,1-5H2;6-8,12H,1-5H2;1H3;7H,(H,5,6);;;;(H2,1,2,3,4);1H2/q;;;;3*+1;;/p-3. The van der Waals surface area contributed by atoms with Crippen LogP contribution >= 0.6 is 36.1 Å². The molecule has 0 aliphatic heterocycles. The number of alkyl halides is 6. The van der Waals surface area contributed by atoms with Crippen LogP contribution in [0.15, 0.2) is 0 Å². The zero-order chi connectivity index (χ0) is 45.2. The van der Waals surface area contributed by atoms with Crippen LogP contribution in [0.4, 0.5) is 30.9 Å². The third kappa shape index (κ3) is 22.0.